The van der Waals surface area contributed by atoms with E-state index in [0.29, 0.717) is 6.04 Å². The van der Waals surface area contributed by atoms with Gasteiger partial charge in [-0.2, -0.15) is 0 Å². The van der Waals surface area contributed by atoms with Crippen molar-refractivity contribution in [1.29, 1.82) is 0 Å². The highest BCUT2D eigenvalue weighted by Gasteiger charge is 2.18. The van der Waals surface area contributed by atoms with Gasteiger partial charge < -0.3 is 15.0 Å². The molecule has 1 aliphatic rings. The molecule has 1 heterocycles. The summed E-state index contributed by atoms with van der Waals surface area (Å²) in [6, 6.07) is 9.44. The zero-order chi connectivity index (χ0) is 17.6. The van der Waals surface area contributed by atoms with Gasteiger partial charge in [0.05, 0.1) is 6.61 Å². The van der Waals surface area contributed by atoms with Crippen molar-refractivity contribution in [1.82, 2.24) is 10.2 Å². The quantitative estimate of drug-likeness (QED) is 0.775. The Hall–Kier alpha value is -1.10. The van der Waals surface area contributed by atoms with Gasteiger partial charge >= 0.3 is 0 Å². The smallest absolute Gasteiger partial charge is 0.0593 e. The number of rotatable bonds is 7. The lowest BCUT2D eigenvalue weighted by Crippen LogP contribution is -2.47. The highest BCUT2D eigenvalue weighted by Crippen LogP contribution is 2.22. The van der Waals surface area contributed by atoms with Gasteiger partial charge in [-0.1, -0.05) is 12.1 Å². The molecular formula is C20H35N3O. The molecule has 0 spiro atoms. The first kappa shape index (κ1) is 19.2. The Kier molecular flexibility index (Phi) is 7.08. The van der Waals surface area contributed by atoms with Crippen LogP contribution in [0.15, 0.2) is 24.3 Å². The normalized spacial score (nSPS) is 18.0. The average molecular weight is 334 g/mol. The molecule has 1 atom stereocenters. The molecule has 0 radical (unpaired) electrons. The van der Waals surface area contributed by atoms with Crippen molar-refractivity contribution in [3.63, 3.8) is 0 Å². The number of piperazine rings is 1. The Bertz CT molecular complexity index is 473. The maximum atomic E-state index is 5.46. The van der Waals surface area contributed by atoms with Crippen LogP contribution in [-0.2, 0) is 4.74 Å². The minimum absolute atomic E-state index is 0.135. The molecule has 4 heteroatoms. The van der Waals surface area contributed by atoms with Crippen molar-refractivity contribution >= 4 is 5.69 Å². The van der Waals surface area contributed by atoms with Crippen molar-refractivity contribution in [3.8, 4) is 0 Å². The summed E-state index contributed by atoms with van der Waals surface area (Å²) >= 11 is 0. The van der Waals surface area contributed by atoms with Crippen molar-refractivity contribution in [3.05, 3.63) is 29.8 Å². The molecule has 1 unspecified atom stereocenters. The van der Waals surface area contributed by atoms with Crippen molar-refractivity contribution < 1.29 is 4.74 Å². The second-order valence-electron chi connectivity index (χ2n) is 7.73. The summed E-state index contributed by atoms with van der Waals surface area (Å²) in [6.45, 7) is 18.1. The number of hydrogen-bond acceptors (Lipinski definition) is 4. The minimum Gasteiger partial charge on any atom is -0.380 e. The maximum absolute atomic E-state index is 5.46. The van der Waals surface area contributed by atoms with E-state index in [1.54, 1.807) is 0 Å². The summed E-state index contributed by atoms with van der Waals surface area (Å²) in [5.74, 6) is 0. The SMILES string of the molecule is CCOCCN1CCN(c2ccc(C(C)NC(C)(C)C)cc2)CC1. The Labute approximate surface area is 148 Å². The minimum atomic E-state index is 0.135. The fourth-order valence-corrected chi connectivity index (χ4v) is 3.27. The first-order valence-electron chi connectivity index (χ1n) is 9.32. The predicted octanol–water partition coefficient (Wildman–Crippen LogP) is 3.29. The van der Waals surface area contributed by atoms with Crippen LogP contribution in [0.2, 0.25) is 0 Å². The number of hydrogen-bond donors (Lipinski definition) is 1. The lowest BCUT2D eigenvalue weighted by molar-refractivity contribution is 0.111. The summed E-state index contributed by atoms with van der Waals surface area (Å²) in [5.41, 5.74) is 2.82. The Morgan fingerprint density at radius 2 is 1.71 bits per heavy atom. The zero-order valence-corrected chi connectivity index (χ0v) is 16.1. The van der Waals surface area contributed by atoms with Gasteiger partial charge in [-0.25, -0.2) is 0 Å². The van der Waals surface area contributed by atoms with Crippen LogP contribution in [0.4, 0.5) is 5.69 Å². The maximum Gasteiger partial charge on any atom is 0.0593 e. The third kappa shape index (κ3) is 6.08. The number of benzene rings is 1. The van der Waals surface area contributed by atoms with Crippen LogP contribution in [0.1, 0.15) is 46.2 Å². The van der Waals surface area contributed by atoms with Crippen LogP contribution in [0, 0.1) is 0 Å². The average Bonchev–Trinajstić information content (AvgIpc) is 2.54. The van der Waals surface area contributed by atoms with E-state index in [1.165, 1.54) is 11.3 Å². The van der Waals surface area contributed by atoms with E-state index >= 15 is 0 Å². The highest BCUT2D eigenvalue weighted by molar-refractivity contribution is 5.48. The second kappa shape index (κ2) is 8.84. The van der Waals surface area contributed by atoms with Gasteiger partial charge in [0.1, 0.15) is 0 Å². The fraction of sp³-hybridized carbons (Fsp3) is 0.700. The van der Waals surface area contributed by atoms with Crippen molar-refractivity contribution in [2.75, 3.05) is 50.8 Å². The summed E-state index contributed by atoms with van der Waals surface area (Å²) < 4.78 is 5.46. The van der Waals surface area contributed by atoms with E-state index < -0.39 is 0 Å². The van der Waals surface area contributed by atoms with Gasteiger partial charge in [0.2, 0.25) is 0 Å². The van der Waals surface area contributed by atoms with Gasteiger partial charge in [-0.05, 0) is 52.3 Å². The molecule has 4 nitrogen and oxygen atoms in total. The molecule has 1 fully saturated rings. The molecular weight excluding hydrogens is 298 g/mol. The lowest BCUT2D eigenvalue weighted by Gasteiger charge is -2.36. The molecule has 2 rings (SSSR count). The first-order valence-corrected chi connectivity index (χ1v) is 9.32. The monoisotopic (exact) mass is 333 g/mol. The molecule has 1 aromatic carbocycles. The molecule has 24 heavy (non-hydrogen) atoms. The van der Waals surface area contributed by atoms with E-state index in [9.17, 15) is 0 Å². The first-order chi connectivity index (χ1) is 11.4. The van der Waals surface area contributed by atoms with Gasteiger partial charge in [-0.15, -0.1) is 0 Å². The van der Waals surface area contributed by atoms with Gasteiger partial charge in [-0.3, -0.25) is 4.90 Å². The molecule has 0 bridgehead atoms. The predicted molar refractivity (Wildman–Crippen MR) is 103 cm³/mol. The molecule has 1 N–H and O–H groups in total. The number of nitrogens with zero attached hydrogens (tertiary/aromatic N) is 2. The number of anilines is 1. The number of ether oxygens (including phenoxy) is 1. The van der Waals surface area contributed by atoms with Crippen LogP contribution in [0.5, 0.6) is 0 Å². The Morgan fingerprint density at radius 3 is 2.25 bits per heavy atom. The van der Waals surface area contributed by atoms with Gasteiger partial charge in [0.15, 0.2) is 0 Å². The third-order valence-electron chi connectivity index (χ3n) is 4.54. The molecule has 0 aromatic heterocycles. The van der Waals surface area contributed by atoms with Crippen LogP contribution >= 0.6 is 0 Å². The van der Waals surface area contributed by atoms with E-state index in [2.05, 4.69) is 74.0 Å². The lowest BCUT2D eigenvalue weighted by atomic mass is 10.0. The van der Waals surface area contributed by atoms with E-state index in [0.717, 1.165) is 45.9 Å². The molecule has 1 saturated heterocycles. The van der Waals surface area contributed by atoms with Crippen LogP contribution in [-0.4, -0.2) is 56.4 Å². The summed E-state index contributed by atoms with van der Waals surface area (Å²) in [5, 5.41) is 3.63. The molecule has 136 valence electrons. The third-order valence-corrected chi connectivity index (χ3v) is 4.54. The summed E-state index contributed by atoms with van der Waals surface area (Å²) in [7, 11) is 0. The summed E-state index contributed by atoms with van der Waals surface area (Å²) in [4.78, 5) is 4.98. The molecule has 0 amide bonds. The van der Waals surface area contributed by atoms with Crippen LogP contribution in [0.3, 0.4) is 0 Å². The highest BCUT2D eigenvalue weighted by atomic mass is 16.5. The molecule has 1 aliphatic heterocycles. The zero-order valence-electron chi connectivity index (χ0n) is 16.1. The van der Waals surface area contributed by atoms with Gasteiger partial charge in [0, 0.05) is 56.6 Å². The second-order valence-corrected chi connectivity index (χ2v) is 7.73. The van der Waals surface area contributed by atoms with E-state index in [4.69, 9.17) is 4.74 Å². The Morgan fingerprint density at radius 1 is 1.08 bits per heavy atom. The van der Waals surface area contributed by atoms with Crippen LogP contribution < -0.4 is 10.2 Å². The van der Waals surface area contributed by atoms with Gasteiger partial charge in [0.25, 0.3) is 0 Å². The summed E-state index contributed by atoms with van der Waals surface area (Å²) in [6.07, 6.45) is 0. The largest absolute Gasteiger partial charge is 0.380 e. The molecule has 0 aliphatic carbocycles. The molecule has 0 saturated carbocycles. The standard InChI is InChI=1S/C20H35N3O/c1-6-24-16-15-22-11-13-23(14-12-22)19-9-7-18(8-10-19)17(2)21-20(3,4)5/h7-10,17,21H,6,11-16H2,1-5H3. The van der Waals surface area contributed by atoms with Crippen LogP contribution in [0.25, 0.3) is 0 Å². The topological polar surface area (TPSA) is 27.7 Å². The fourth-order valence-electron chi connectivity index (χ4n) is 3.27. The number of nitrogens with one attached hydrogen (secondary N) is 1. The van der Waals surface area contributed by atoms with E-state index in [1.807, 2.05) is 0 Å². The van der Waals surface area contributed by atoms with E-state index in [-0.39, 0.29) is 5.54 Å². The molecule has 1 aromatic rings. The Balaban J connectivity index is 1.84. The van der Waals surface area contributed by atoms with Crippen molar-refractivity contribution in [2.45, 2.75) is 46.2 Å². The van der Waals surface area contributed by atoms with Crippen molar-refractivity contribution in [2.24, 2.45) is 0 Å².